The van der Waals surface area contributed by atoms with E-state index in [2.05, 4.69) is 44.5 Å². The van der Waals surface area contributed by atoms with E-state index in [1.165, 1.54) is 5.56 Å². The second-order valence-corrected chi connectivity index (χ2v) is 8.42. The third-order valence-corrected chi connectivity index (χ3v) is 5.72. The molecule has 6 nitrogen and oxygen atoms in total. The number of rotatable bonds is 5. The molecule has 1 saturated heterocycles. The first-order valence-electron chi connectivity index (χ1n) is 8.04. The molecule has 1 fully saturated rings. The summed E-state index contributed by atoms with van der Waals surface area (Å²) in [5, 5.41) is 3.21. The summed E-state index contributed by atoms with van der Waals surface area (Å²) in [7, 11) is -2.81. The van der Waals surface area contributed by atoms with Gasteiger partial charge in [-0.1, -0.05) is 24.3 Å². The Bertz CT molecular complexity index is 776. The fraction of sp³-hybridized carbons (Fsp3) is 0.412. The third kappa shape index (κ3) is 4.75. The van der Waals surface area contributed by atoms with Crippen molar-refractivity contribution in [2.75, 3.05) is 29.9 Å². The average molecular weight is 346 g/mol. The molecule has 1 aliphatic rings. The van der Waals surface area contributed by atoms with E-state index < -0.39 is 9.84 Å². The zero-order valence-electron chi connectivity index (χ0n) is 13.8. The van der Waals surface area contributed by atoms with Crippen molar-refractivity contribution in [3.05, 3.63) is 53.3 Å². The minimum Gasteiger partial charge on any atom is -0.350 e. The van der Waals surface area contributed by atoms with Gasteiger partial charge in [0.15, 0.2) is 9.84 Å². The highest BCUT2D eigenvalue weighted by Crippen LogP contribution is 2.12. The van der Waals surface area contributed by atoms with Gasteiger partial charge in [0.25, 0.3) is 0 Å². The lowest BCUT2D eigenvalue weighted by Crippen LogP contribution is -2.39. The van der Waals surface area contributed by atoms with Crippen molar-refractivity contribution < 1.29 is 8.42 Å². The number of anilines is 1. The van der Waals surface area contributed by atoms with Gasteiger partial charge < -0.3 is 5.32 Å². The van der Waals surface area contributed by atoms with Gasteiger partial charge in [-0.25, -0.2) is 18.4 Å². The Morgan fingerprint density at radius 2 is 1.75 bits per heavy atom. The summed E-state index contributed by atoms with van der Waals surface area (Å²) >= 11 is 0. The van der Waals surface area contributed by atoms with E-state index in [4.69, 9.17) is 0 Å². The van der Waals surface area contributed by atoms with Crippen LogP contribution in [0.15, 0.2) is 36.5 Å². The zero-order valence-corrected chi connectivity index (χ0v) is 14.6. The van der Waals surface area contributed by atoms with Gasteiger partial charge in [0.2, 0.25) is 5.95 Å². The highest BCUT2D eigenvalue weighted by molar-refractivity contribution is 7.91. The number of hydrogen-bond acceptors (Lipinski definition) is 6. The van der Waals surface area contributed by atoms with Crippen molar-refractivity contribution in [2.45, 2.75) is 20.0 Å². The van der Waals surface area contributed by atoms with Crippen molar-refractivity contribution in [3.8, 4) is 0 Å². The molecule has 1 aliphatic heterocycles. The monoisotopic (exact) mass is 346 g/mol. The predicted octanol–water partition coefficient (Wildman–Crippen LogP) is 1.63. The van der Waals surface area contributed by atoms with Crippen LogP contribution in [0.2, 0.25) is 0 Å². The van der Waals surface area contributed by atoms with Gasteiger partial charge in [-0.3, -0.25) is 4.90 Å². The van der Waals surface area contributed by atoms with Gasteiger partial charge in [-0.2, -0.15) is 0 Å². The van der Waals surface area contributed by atoms with Crippen LogP contribution in [0.3, 0.4) is 0 Å². The largest absolute Gasteiger partial charge is 0.350 e. The van der Waals surface area contributed by atoms with Crippen molar-refractivity contribution >= 4 is 15.8 Å². The maximum Gasteiger partial charge on any atom is 0.223 e. The molecule has 0 bridgehead atoms. The molecule has 2 heterocycles. The number of aromatic nitrogens is 2. The van der Waals surface area contributed by atoms with Gasteiger partial charge in [-0.15, -0.1) is 0 Å². The van der Waals surface area contributed by atoms with Crippen molar-refractivity contribution in [1.29, 1.82) is 0 Å². The second kappa shape index (κ2) is 7.27. The molecule has 128 valence electrons. The number of nitrogens with zero attached hydrogens (tertiary/aromatic N) is 3. The first kappa shape index (κ1) is 16.9. The van der Waals surface area contributed by atoms with Gasteiger partial charge in [0.1, 0.15) is 0 Å². The quantitative estimate of drug-likeness (QED) is 0.887. The maximum absolute atomic E-state index is 11.5. The van der Waals surface area contributed by atoms with Crippen LogP contribution < -0.4 is 5.32 Å². The summed E-state index contributed by atoms with van der Waals surface area (Å²) in [5.41, 5.74) is 3.29. The summed E-state index contributed by atoms with van der Waals surface area (Å²) in [6.07, 6.45) is 1.74. The van der Waals surface area contributed by atoms with E-state index in [0.29, 0.717) is 25.6 Å². The molecular formula is C17H22N4O2S. The van der Waals surface area contributed by atoms with Crippen molar-refractivity contribution in [2.24, 2.45) is 0 Å². The fourth-order valence-electron chi connectivity index (χ4n) is 2.64. The van der Waals surface area contributed by atoms with E-state index in [-0.39, 0.29) is 11.5 Å². The Hall–Kier alpha value is -1.99. The molecule has 0 aliphatic carbocycles. The molecule has 1 N–H and O–H groups in total. The summed E-state index contributed by atoms with van der Waals surface area (Å²) in [6.45, 7) is 4.65. The van der Waals surface area contributed by atoms with E-state index in [1.54, 1.807) is 6.20 Å². The summed E-state index contributed by atoms with van der Waals surface area (Å²) in [6, 6.07) is 10.2. The van der Waals surface area contributed by atoms with Crippen LogP contribution in [0.1, 0.15) is 16.8 Å². The van der Waals surface area contributed by atoms with Gasteiger partial charge in [0.05, 0.1) is 11.5 Å². The molecular weight excluding hydrogens is 324 g/mol. The Morgan fingerprint density at radius 3 is 2.42 bits per heavy atom. The second-order valence-electron chi connectivity index (χ2n) is 6.12. The number of hydrogen-bond donors (Lipinski definition) is 1. The lowest BCUT2D eigenvalue weighted by Gasteiger charge is -2.26. The molecule has 0 radical (unpaired) electrons. The first-order valence-corrected chi connectivity index (χ1v) is 9.86. The number of nitrogens with one attached hydrogen (secondary N) is 1. The normalized spacial score (nSPS) is 17.5. The molecule has 0 atom stereocenters. The molecule has 0 spiro atoms. The summed E-state index contributed by atoms with van der Waals surface area (Å²) in [4.78, 5) is 10.7. The van der Waals surface area contributed by atoms with Crippen molar-refractivity contribution in [1.82, 2.24) is 14.9 Å². The molecule has 1 aromatic heterocycles. The Balaban J connectivity index is 1.52. The Kier molecular flexibility index (Phi) is 5.11. The number of aryl methyl sites for hydroxylation is 1. The smallest absolute Gasteiger partial charge is 0.223 e. The topological polar surface area (TPSA) is 75.2 Å². The van der Waals surface area contributed by atoms with Crippen LogP contribution in [0.25, 0.3) is 0 Å². The van der Waals surface area contributed by atoms with Crippen LogP contribution in [0, 0.1) is 6.92 Å². The molecule has 0 amide bonds. The SMILES string of the molecule is Cc1ccnc(NCc2ccc(CN3CCS(=O)(=O)CC3)cc2)n1. The first-order chi connectivity index (χ1) is 11.5. The molecule has 0 saturated carbocycles. The van der Waals surface area contributed by atoms with Crippen LogP contribution in [-0.4, -0.2) is 47.9 Å². The molecule has 24 heavy (non-hydrogen) atoms. The highest BCUT2D eigenvalue weighted by atomic mass is 32.2. The summed E-state index contributed by atoms with van der Waals surface area (Å²) in [5.74, 6) is 1.17. The third-order valence-electron chi connectivity index (χ3n) is 4.11. The van der Waals surface area contributed by atoms with E-state index >= 15 is 0 Å². The van der Waals surface area contributed by atoms with E-state index in [0.717, 1.165) is 17.8 Å². The molecule has 2 aromatic rings. The van der Waals surface area contributed by atoms with Crippen LogP contribution >= 0.6 is 0 Å². The van der Waals surface area contributed by atoms with E-state index in [1.807, 2.05) is 13.0 Å². The Labute approximate surface area is 142 Å². The van der Waals surface area contributed by atoms with Crippen LogP contribution in [-0.2, 0) is 22.9 Å². The molecule has 1 aromatic carbocycles. The maximum atomic E-state index is 11.5. The Morgan fingerprint density at radius 1 is 1.08 bits per heavy atom. The predicted molar refractivity (Wildman–Crippen MR) is 94.5 cm³/mol. The molecule has 0 unspecified atom stereocenters. The standard InChI is InChI=1S/C17H22N4O2S/c1-14-6-7-18-17(20-14)19-12-15-2-4-16(5-3-15)13-21-8-10-24(22,23)11-9-21/h2-7H,8-13H2,1H3,(H,18,19,20). The van der Waals surface area contributed by atoms with Crippen LogP contribution in [0.4, 0.5) is 5.95 Å². The zero-order chi connectivity index (χ0) is 17.0. The van der Waals surface area contributed by atoms with Gasteiger partial charge >= 0.3 is 0 Å². The van der Waals surface area contributed by atoms with E-state index in [9.17, 15) is 8.42 Å². The lowest BCUT2D eigenvalue weighted by atomic mass is 10.1. The average Bonchev–Trinajstić information content (AvgIpc) is 2.56. The minimum absolute atomic E-state index is 0.269. The van der Waals surface area contributed by atoms with Crippen molar-refractivity contribution in [3.63, 3.8) is 0 Å². The molecule has 3 rings (SSSR count). The fourth-order valence-corrected chi connectivity index (χ4v) is 3.92. The van der Waals surface area contributed by atoms with Gasteiger partial charge in [-0.05, 0) is 24.1 Å². The molecule has 7 heteroatoms. The summed E-state index contributed by atoms with van der Waals surface area (Å²) < 4.78 is 22.9. The van der Waals surface area contributed by atoms with Crippen LogP contribution in [0.5, 0.6) is 0 Å². The highest BCUT2D eigenvalue weighted by Gasteiger charge is 2.21. The number of sulfone groups is 1. The lowest BCUT2D eigenvalue weighted by molar-refractivity contribution is 0.287. The van der Waals surface area contributed by atoms with Gasteiger partial charge in [0, 0.05) is 38.1 Å². The number of benzene rings is 1. The minimum atomic E-state index is -2.81.